The van der Waals surface area contributed by atoms with E-state index in [1.54, 1.807) is 0 Å². The summed E-state index contributed by atoms with van der Waals surface area (Å²) < 4.78 is 0. The zero-order chi connectivity index (χ0) is 17.2. The first kappa shape index (κ1) is 21.5. The first-order valence-corrected chi connectivity index (χ1v) is 9.31. The topological polar surface area (TPSA) is 20.3 Å². The molecule has 0 N–H and O–H groups in total. The van der Waals surface area contributed by atoms with E-state index in [1.165, 1.54) is 38.5 Å². The molecule has 0 aliphatic carbocycles. The van der Waals surface area contributed by atoms with E-state index >= 15 is 0 Å². The molecule has 0 bridgehead atoms. The maximum Gasteiger partial charge on any atom is 0.222 e. The fourth-order valence-corrected chi connectivity index (χ4v) is 2.41. The molecule has 0 aliphatic rings. The van der Waals surface area contributed by atoms with Gasteiger partial charge in [0.25, 0.3) is 0 Å². The number of carbonyl (C=O) groups is 1. The summed E-state index contributed by atoms with van der Waals surface area (Å²) in [5.74, 6) is 0.316. The Morgan fingerprint density at radius 1 is 0.864 bits per heavy atom. The van der Waals surface area contributed by atoms with Crippen LogP contribution < -0.4 is 0 Å². The Labute approximate surface area is 140 Å². The molecule has 0 heterocycles. The van der Waals surface area contributed by atoms with Crippen molar-refractivity contribution in [3.05, 3.63) is 0 Å². The molecule has 2 heteroatoms. The second-order valence-corrected chi connectivity index (χ2v) is 8.91. The van der Waals surface area contributed by atoms with Crippen molar-refractivity contribution in [2.45, 2.75) is 99.3 Å². The lowest BCUT2D eigenvalue weighted by Crippen LogP contribution is -2.29. The molecule has 0 radical (unpaired) electrons. The van der Waals surface area contributed by atoms with Crippen molar-refractivity contribution in [1.82, 2.24) is 4.90 Å². The van der Waals surface area contributed by atoms with E-state index in [9.17, 15) is 4.79 Å². The van der Waals surface area contributed by atoms with Crippen molar-refractivity contribution in [3.63, 3.8) is 0 Å². The summed E-state index contributed by atoms with van der Waals surface area (Å²) in [5.41, 5.74) is 0.812. The Balaban J connectivity index is 3.60. The molecule has 1 amide bonds. The van der Waals surface area contributed by atoms with E-state index in [-0.39, 0.29) is 0 Å². The number of unbranched alkanes of at least 4 members (excludes halogenated alkanes) is 4. The summed E-state index contributed by atoms with van der Waals surface area (Å²) >= 11 is 0. The van der Waals surface area contributed by atoms with Crippen molar-refractivity contribution in [1.29, 1.82) is 0 Å². The number of nitrogens with zero attached hydrogens (tertiary/aromatic N) is 1. The number of hydrogen-bond acceptors (Lipinski definition) is 1. The Hall–Kier alpha value is -0.530. The molecule has 0 saturated carbocycles. The highest BCUT2D eigenvalue weighted by Crippen LogP contribution is 2.27. The molecule has 0 rings (SSSR count). The molecule has 0 unspecified atom stereocenters. The third kappa shape index (κ3) is 12.1. The van der Waals surface area contributed by atoms with Gasteiger partial charge in [-0.3, -0.25) is 4.79 Å². The first-order valence-electron chi connectivity index (χ1n) is 9.31. The van der Waals surface area contributed by atoms with Gasteiger partial charge in [0.2, 0.25) is 5.91 Å². The molecule has 0 aromatic rings. The van der Waals surface area contributed by atoms with Crippen LogP contribution >= 0.6 is 0 Å². The van der Waals surface area contributed by atoms with Crippen molar-refractivity contribution in [2.24, 2.45) is 10.8 Å². The highest BCUT2D eigenvalue weighted by Gasteiger charge is 2.15. The van der Waals surface area contributed by atoms with Crippen LogP contribution in [0.5, 0.6) is 0 Å². The first-order chi connectivity index (χ1) is 10.1. The van der Waals surface area contributed by atoms with E-state index < -0.39 is 0 Å². The van der Waals surface area contributed by atoms with Crippen LogP contribution in [0.25, 0.3) is 0 Å². The third-order valence-corrected chi connectivity index (χ3v) is 4.82. The number of rotatable bonds is 11. The van der Waals surface area contributed by atoms with Crippen LogP contribution in [0.1, 0.15) is 99.3 Å². The van der Waals surface area contributed by atoms with E-state index in [2.05, 4.69) is 41.5 Å². The quantitative estimate of drug-likeness (QED) is 0.425. The Morgan fingerprint density at radius 3 is 1.95 bits per heavy atom. The van der Waals surface area contributed by atoms with Gasteiger partial charge < -0.3 is 4.90 Å². The largest absolute Gasteiger partial charge is 0.346 e. The number of carbonyl (C=O) groups excluding carboxylic acids is 1. The maximum atomic E-state index is 12.0. The minimum absolute atomic E-state index is 0.306. The molecule has 0 fully saturated rings. The van der Waals surface area contributed by atoms with Gasteiger partial charge in [-0.1, -0.05) is 73.6 Å². The molecule has 0 saturated heterocycles. The fraction of sp³-hybridized carbons (Fsp3) is 0.950. The third-order valence-electron chi connectivity index (χ3n) is 4.82. The predicted molar refractivity (Wildman–Crippen MR) is 98.1 cm³/mol. The normalized spacial score (nSPS) is 12.5. The Morgan fingerprint density at radius 2 is 1.41 bits per heavy atom. The second-order valence-electron chi connectivity index (χ2n) is 8.91. The highest BCUT2D eigenvalue weighted by molar-refractivity contribution is 5.75. The maximum absolute atomic E-state index is 12.0. The fourth-order valence-electron chi connectivity index (χ4n) is 2.41. The van der Waals surface area contributed by atoms with Gasteiger partial charge in [0, 0.05) is 20.0 Å². The van der Waals surface area contributed by atoms with Crippen LogP contribution in [0.3, 0.4) is 0 Å². The van der Waals surface area contributed by atoms with E-state index in [0.717, 1.165) is 25.8 Å². The van der Waals surface area contributed by atoms with Crippen LogP contribution in [0, 0.1) is 10.8 Å². The second kappa shape index (κ2) is 10.3. The lowest BCUT2D eigenvalue weighted by atomic mass is 9.84. The zero-order valence-electron chi connectivity index (χ0n) is 16.4. The zero-order valence-corrected chi connectivity index (χ0v) is 16.4. The van der Waals surface area contributed by atoms with Gasteiger partial charge in [0.1, 0.15) is 0 Å². The summed E-state index contributed by atoms with van der Waals surface area (Å²) in [5, 5.41) is 0. The van der Waals surface area contributed by atoms with E-state index in [4.69, 9.17) is 0 Å². The summed E-state index contributed by atoms with van der Waals surface area (Å²) in [6.07, 6.45) is 10.6. The van der Waals surface area contributed by atoms with Gasteiger partial charge in [-0.05, 0) is 30.1 Å². The van der Waals surface area contributed by atoms with Crippen LogP contribution in [0.4, 0.5) is 0 Å². The molecule has 0 aliphatic heterocycles. The van der Waals surface area contributed by atoms with Gasteiger partial charge in [-0.25, -0.2) is 0 Å². The summed E-state index contributed by atoms with van der Waals surface area (Å²) in [4.78, 5) is 14.0. The Bertz CT molecular complexity index is 301. The summed E-state index contributed by atoms with van der Waals surface area (Å²) in [6.45, 7) is 14.6. The number of amides is 1. The molecule has 0 spiro atoms. The van der Waals surface area contributed by atoms with Crippen LogP contribution in [0.2, 0.25) is 0 Å². The average molecular weight is 312 g/mol. The van der Waals surface area contributed by atoms with E-state index in [0.29, 0.717) is 16.7 Å². The van der Waals surface area contributed by atoms with E-state index in [1.807, 2.05) is 11.9 Å². The van der Waals surface area contributed by atoms with Gasteiger partial charge in [-0.15, -0.1) is 0 Å². The van der Waals surface area contributed by atoms with Crippen LogP contribution in [-0.4, -0.2) is 24.4 Å². The van der Waals surface area contributed by atoms with Gasteiger partial charge >= 0.3 is 0 Å². The van der Waals surface area contributed by atoms with Crippen molar-refractivity contribution >= 4 is 5.91 Å². The molecule has 0 atom stereocenters. The average Bonchev–Trinajstić information content (AvgIpc) is 2.42. The SMILES string of the molecule is CCC(C)(C)CCCCCCCC(=O)N(C)CCC(C)(C)C. The van der Waals surface area contributed by atoms with Crippen LogP contribution in [0.15, 0.2) is 0 Å². The molecular weight excluding hydrogens is 270 g/mol. The molecule has 22 heavy (non-hydrogen) atoms. The van der Waals surface area contributed by atoms with Crippen molar-refractivity contribution in [2.75, 3.05) is 13.6 Å². The summed E-state index contributed by atoms with van der Waals surface area (Å²) in [6, 6.07) is 0. The van der Waals surface area contributed by atoms with Gasteiger partial charge in [0.15, 0.2) is 0 Å². The van der Waals surface area contributed by atoms with Gasteiger partial charge in [-0.2, -0.15) is 0 Å². The molecule has 0 aromatic carbocycles. The smallest absolute Gasteiger partial charge is 0.222 e. The standard InChI is InChI=1S/C20H41NO/c1-8-20(5,6)15-13-11-9-10-12-14-18(22)21(7)17-16-19(2,3)4/h8-17H2,1-7H3. The minimum Gasteiger partial charge on any atom is -0.346 e. The molecular formula is C20H41NO. The molecule has 2 nitrogen and oxygen atoms in total. The lowest BCUT2D eigenvalue weighted by Gasteiger charge is -2.23. The van der Waals surface area contributed by atoms with Gasteiger partial charge in [0.05, 0.1) is 0 Å². The lowest BCUT2D eigenvalue weighted by molar-refractivity contribution is -0.130. The Kier molecular flexibility index (Phi) is 10.0. The van der Waals surface area contributed by atoms with Crippen molar-refractivity contribution in [3.8, 4) is 0 Å². The highest BCUT2D eigenvalue weighted by atomic mass is 16.2. The number of hydrogen-bond donors (Lipinski definition) is 0. The summed E-state index contributed by atoms with van der Waals surface area (Å²) in [7, 11) is 1.95. The van der Waals surface area contributed by atoms with Crippen LogP contribution in [-0.2, 0) is 4.79 Å². The monoisotopic (exact) mass is 311 g/mol. The molecule has 0 aromatic heterocycles. The predicted octanol–water partition coefficient (Wildman–Crippen LogP) is 6.05. The minimum atomic E-state index is 0.306. The molecule has 132 valence electrons. The van der Waals surface area contributed by atoms with Crippen molar-refractivity contribution < 1.29 is 4.79 Å².